The highest BCUT2D eigenvalue weighted by Crippen LogP contribution is 2.22. The first-order valence-electron chi connectivity index (χ1n) is 5.00. The molecule has 0 radical (unpaired) electrons. The molecule has 0 N–H and O–H groups in total. The zero-order valence-corrected chi connectivity index (χ0v) is 9.78. The maximum absolute atomic E-state index is 6.00. The highest BCUT2D eigenvalue weighted by atomic mass is 35.5. The molecule has 1 atom stereocenters. The van der Waals surface area contributed by atoms with Crippen molar-refractivity contribution in [2.45, 2.75) is 33.2 Å². The van der Waals surface area contributed by atoms with Crippen molar-refractivity contribution in [3.63, 3.8) is 0 Å². The fourth-order valence-corrected chi connectivity index (χ4v) is 1.76. The summed E-state index contributed by atoms with van der Waals surface area (Å²) in [5, 5.41) is 0.430. The number of aryl methyl sites for hydroxylation is 1. The van der Waals surface area contributed by atoms with E-state index >= 15 is 0 Å². The van der Waals surface area contributed by atoms with E-state index in [1.54, 1.807) is 6.33 Å². The lowest BCUT2D eigenvalue weighted by Crippen LogP contribution is -2.04. The largest absolute Gasteiger partial charge is 0.312 e. The van der Waals surface area contributed by atoms with Crippen LogP contribution in [0, 0.1) is 6.92 Å². The second-order valence-corrected chi connectivity index (χ2v) is 4.00. The summed E-state index contributed by atoms with van der Waals surface area (Å²) in [5.41, 5.74) is 1.50. The SMILES string of the molecule is CCC(C)n1cnc2c(Cl)nc(C)nc21. The van der Waals surface area contributed by atoms with E-state index < -0.39 is 0 Å². The first kappa shape index (κ1) is 10.4. The summed E-state index contributed by atoms with van der Waals surface area (Å²) >= 11 is 6.00. The number of hydrogen-bond donors (Lipinski definition) is 0. The van der Waals surface area contributed by atoms with Crippen LogP contribution in [0.3, 0.4) is 0 Å². The average Bonchev–Trinajstić information content (AvgIpc) is 2.60. The molecule has 2 aromatic rings. The van der Waals surface area contributed by atoms with Gasteiger partial charge in [-0.2, -0.15) is 0 Å². The molecule has 0 saturated carbocycles. The van der Waals surface area contributed by atoms with Gasteiger partial charge in [0, 0.05) is 6.04 Å². The molecular weight excluding hydrogens is 212 g/mol. The molecule has 0 aliphatic rings. The maximum atomic E-state index is 6.00. The summed E-state index contributed by atoms with van der Waals surface area (Å²) in [6.07, 6.45) is 2.81. The summed E-state index contributed by atoms with van der Waals surface area (Å²) in [4.78, 5) is 12.7. The minimum atomic E-state index is 0.375. The van der Waals surface area contributed by atoms with Crippen molar-refractivity contribution < 1.29 is 0 Å². The molecule has 2 rings (SSSR count). The van der Waals surface area contributed by atoms with Crippen LogP contribution in [0.1, 0.15) is 32.1 Å². The molecule has 0 fully saturated rings. The van der Waals surface area contributed by atoms with Crippen LogP contribution in [-0.4, -0.2) is 19.5 Å². The second-order valence-electron chi connectivity index (χ2n) is 3.64. The predicted molar refractivity (Wildman–Crippen MR) is 60.1 cm³/mol. The van der Waals surface area contributed by atoms with E-state index in [-0.39, 0.29) is 0 Å². The lowest BCUT2D eigenvalue weighted by molar-refractivity contribution is 0.540. The van der Waals surface area contributed by atoms with Gasteiger partial charge in [0.2, 0.25) is 0 Å². The van der Waals surface area contributed by atoms with Crippen LogP contribution in [0.2, 0.25) is 5.15 Å². The van der Waals surface area contributed by atoms with E-state index in [9.17, 15) is 0 Å². The zero-order valence-electron chi connectivity index (χ0n) is 9.03. The molecule has 0 aromatic carbocycles. The smallest absolute Gasteiger partial charge is 0.165 e. The number of halogens is 1. The fourth-order valence-electron chi connectivity index (χ4n) is 1.50. The van der Waals surface area contributed by atoms with Gasteiger partial charge in [-0.1, -0.05) is 18.5 Å². The monoisotopic (exact) mass is 224 g/mol. The van der Waals surface area contributed by atoms with Gasteiger partial charge in [0.25, 0.3) is 0 Å². The van der Waals surface area contributed by atoms with Crippen LogP contribution >= 0.6 is 11.6 Å². The molecule has 4 nitrogen and oxygen atoms in total. The van der Waals surface area contributed by atoms with Crippen LogP contribution in [0.4, 0.5) is 0 Å². The van der Waals surface area contributed by atoms with Gasteiger partial charge in [-0.15, -0.1) is 0 Å². The van der Waals surface area contributed by atoms with Gasteiger partial charge in [0.15, 0.2) is 10.8 Å². The first-order chi connectivity index (χ1) is 7.13. The number of aromatic nitrogens is 4. The van der Waals surface area contributed by atoms with E-state index in [0.717, 1.165) is 12.1 Å². The third-order valence-corrected chi connectivity index (χ3v) is 2.82. The van der Waals surface area contributed by atoms with E-state index in [4.69, 9.17) is 11.6 Å². The normalized spacial score (nSPS) is 13.3. The Hall–Kier alpha value is -1.16. The summed E-state index contributed by atoms with van der Waals surface area (Å²) < 4.78 is 2.04. The van der Waals surface area contributed by atoms with Crippen LogP contribution in [0.15, 0.2) is 6.33 Å². The van der Waals surface area contributed by atoms with E-state index in [2.05, 4.69) is 28.8 Å². The van der Waals surface area contributed by atoms with Crippen LogP contribution in [0.5, 0.6) is 0 Å². The molecule has 0 spiro atoms. The molecule has 0 aliphatic heterocycles. The third kappa shape index (κ3) is 1.69. The molecule has 2 aromatic heterocycles. The van der Waals surface area contributed by atoms with Gasteiger partial charge in [0.1, 0.15) is 11.3 Å². The van der Waals surface area contributed by atoms with Gasteiger partial charge in [-0.05, 0) is 20.3 Å². The van der Waals surface area contributed by atoms with Crippen molar-refractivity contribution in [3.8, 4) is 0 Å². The van der Waals surface area contributed by atoms with Crippen LogP contribution in [0.25, 0.3) is 11.2 Å². The van der Waals surface area contributed by atoms with Crippen molar-refractivity contribution >= 4 is 22.8 Å². The van der Waals surface area contributed by atoms with Crippen molar-refractivity contribution in [3.05, 3.63) is 17.3 Å². The van der Waals surface area contributed by atoms with Crippen LogP contribution in [-0.2, 0) is 0 Å². The highest BCUT2D eigenvalue weighted by Gasteiger charge is 2.12. The standard InChI is InChI=1S/C10H13ClN4/c1-4-6(2)15-5-12-8-9(11)13-7(3)14-10(8)15/h5-6H,4H2,1-3H3. The molecule has 0 amide bonds. The Kier molecular flexibility index (Phi) is 2.61. The van der Waals surface area contributed by atoms with Crippen molar-refractivity contribution in [1.29, 1.82) is 0 Å². The van der Waals surface area contributed by atoms with E-state index in [1.165, 1.54) is 0 Å². The maximum Gasteiger partial charge on any atom is 0.165 e. The Morgan fingerprint density at radius 3 is 2.87 bits per heavy atom. The molecular formula is C10H13ClN4. The Balaban J connectivity index is 2.68. The lowest BCUT2D eigenvalue weighted by atomic mass is 10.2. The predicted octanol–water partition coefficient (Wildman–Crippen LogP) is 2.76. The van der Waals surface area contributed by atoms with Crippen molar-refractivity contribution in [2.75, 3.05) is 0 Å². The average molecular weight is 225 g/mol. The quantitative estimate of drug-likeness (QED) is 0.737. The minimum Gasteiger partial charge on any atom is -0.312 e. The number of imidazole rings is 1. The first-order valence-corrected chi connectivity index (χ1v) is 5.38. The number of fused-ring (bicyclic) bond motifs is 1. The number of hydrogen-bond acceptors (Lipinski definition) is 3. The number of rotatable bonds is 2. The fraction of sp³-hybridized carbons (Fsp3) is 0.500. The molecule has 5 heteroatoms. The Morgan fingerprint density at radius 1 is 1.47 bits per heavy atom. The Bertz CT molecular complexity index is 491. The van der Waals surface area contributed by atoms with Gasteiger partial charge in [-0.25, -0.2) is 15.0 Å². The van der Waals surface area contributed by atoms with Crippen molar-refractivity contribution in [2.24, 2.45) is 0 Å². The summed E-state index contributed by atoms with van der Waals surface area (Å²) in [7, 11) is 0. The third-order valence-electron chi connectivity index (χ3n) is 2.56. The summed E-state index contributed by atoms with van der Waals surface area (Å²) in [6.45, 7) is 6.10. The van der Waals surface area contributed by atoms with Gasteiger partial charge in [0.05, 0.1) is 6.33 Å². The molecule has 1 unspecified atom stereocenters. The summed E-state index contributed by atoms with van der Waals surface area (Å²) in [6, 6.07) is 0.375. The van der Waals surface area contributed by atoms with E-state index in [1.807, 2.05) is 11.5 Å². The number of nitrogens with zero attached hydrogens (tertiary/aromatic N) is 4. The molecule has 80 valence electrons. The highest BCUT2D eigenvalue weighted by molar-refractivity contribution is 6.33. The lowest BCUT2D eigenvalue weighted by Gasteiger charge is -2.10. The second kappa shape index (κ2) is 3.77. The summed E-state index contributed by atoms with van der Waals surface area (Å²) in [5.74, 6) is 0.678. The van der Waals surface area contributed by atoms with Gasteiger partial charge < -0.3 is 4.57 Å². The Labute approximate surface area is 93.3 Å². The van der Waals surface area contributed by atoms with Gasteiger partial charge in [-0.3, -0.25) is 0 Å². The van der Waals surface area contributed by atoms with Gasteiger partial charge >= 0.3 is 0 Å². The zero-order chi connectivity index (χ0) is 11.0. The van der Waals surface area contributed by atoms with Crippen molar-refractivity contribution in [1.82, 2.24) is 19.5 Å². The molecule has 0 bridgehead atoms. The molecule has 0 saturated heterocycles. The molecule has 2 heterocycles. The molecule has 15 heavy (non-hydrogen) atoms. The topological polar surface area (TPSA) is 43.6 Å². The molecule has 0 aliphatic carbocycles. The van der Waals surface area contributed by atoms with Crippen LogP contribution < -0.4 is 0 Å². The minimum absolute atomic E-state index is 0.375. The Morgan fingerprint density at radius 2 is 2.20 bits per heavy atom. The van der Waals surface area contributed by atoms with E-state index in [0.29, 0.717) is 22.5 Å².